The van der Waals surface area contributed by atoms with Crippen molar-refractivity contribution in [3.63, 3.8) is 0 Å². The number of nitrogens with zero attached hydrogens (tertiary/aromatic N) is 2. The Balaban J connectivity index is 1.66. The Labute approximate surface area is 184 Å². The summed E-state index contributed by atoms with van der Waals surface area (Å²) in [5, 5.41) is 11.0. The number of amides is 2. The molecule has 1 atom stereocenters. The zero-order valence-electron chi connectivity index (χ0n) is 17.3. The highest BCUT2D eigenvalue weighted by atomic mass is 32.1. The Morgan fingerprint density at radius 1 is 1.19 bits per heavy atom. The van der Waals surface area contributed by atoms with E-state index in [2.05, 4.69) is 33.7 Å². The molecule has 2 amide bonds. The van der Waals surface area contributed by atoms with Gasteiger partial charge in [-0.1, -0.05) is 30.3 Å². The summed E-state index contributed by atoms with van der Waals surface area (Å²) < 4.78 is 0. The summed E-state index contributed by atoms with van der Waals surface area (Å²) in [6.45, 7) is 0.843. The molecule has 1 fully saturated rings. The van der Waals surface area contributed by atoms with Crippen molar-refractivity contribution < 1.29 is 9.59 Å². The SMILES string of the molecule is CNC(=O)[C@@]1(Cc2ccccc2-c2cccs2)CCCN(C(=O)c2ccc(=O)[nH]n2)C1. The zero-order valence-corrected chi connectivity index (χ0v) is 18.1. The van der Waals surface area contributed by atoms with Crippen LogP contribution in [0.5, 0.6) is 0 Å². The molecule has 2 aromatic heterocycles. The first-order valence-corrected chi connectivity index (χ1v) is 11.1. The van der Waals surface area contributed by atoms with Gasteiger partial charge in [0, 0.05) is 31.1 Å². The molecule has 2 N–H and O–H groups in total. The minimum absolute atomic E-state index is 0.0691. The number of hydrogen-bond acceptors (Lipinski definition) is 5. The quantitative estimate of drug-likeness (QED) is 0.643. The number of thiophene rings is 1. The monoisotopic (exact) mass is 436 g/mol. The molecule has 0 radical (unpaired) electrons. The first kappa shape index (κ1) is 21.0. The summed E-state index contributed by atoms with van der Waals surface area (Å²) in [4.78, 5) is 40.3. The maximum atomic E-state index is 13.1. The maximum absolute atomic E-state index is 13.1. The number of H-pyrrole nitrogens is 1. The summed E-state index contributed by atoms with van der Waals surface area (Å²) in [6, 6.07) is 14.9. The summed E-state index contributed by atoms with van der Waals surface area (Å²) >= 11 is 1.67. The van der Waals surface area contributed by atoms with Crippen LogP contribution >= 0.6 is 11.3 Å². The van der Waals surface area contributed by atoms with Crippen molar-refractivity contribution in [2.45, 2.75) is 19.3 Å². The smallest absolute Gasteiger partial charge is 0.274 e. The highest BCUT2D eigenvalue weighted by Crippen LogP contribution is 2.38. The summed E-state index contributed by atoms with van der Waals surface area (Å²) in [6.07, 6.45) is 1.93. The van der Waals surface area contributed by atoms with Gasteiger partial charge >= 0.3 is 0 Å². The van der Waals surface area contributed by atoms with Gasteiger partial charge in [0.15, 0.2) is 0 Å². The lowest BCUT2D eigenvalue weighted by molar-refractivity contribution is -0.133. The van der Waals surface area contributed by atoms with E-state index < -0.39 is 5.41 Å². The number of likely N-dealkylation sites (tertiary alicyclic amines) is 1. The standard InChI is InChI=1S/C23H24N4O3S/c1-24-22(30)23(14-16-6-2-3-7-17(16)19-8-4-13-31-19)11-5-12-27(15-23)21(29)18-9-10-20(28)26-25-18/h2-4,6-10,13H,5,11-12,14-15H2,1H3,(H,24,30)(H,26,28)/t23-/m1/s1. The number of piperidine rings is 1. The van der Waals surface area contributed by atoms with Crippen LogP contribution < -0.4 is 10.9 Å². The van der Waals surface area contributed by atoms with E-state index in [1.807, 2.05) is 23.6 Å². The first-order valence-electron chi connectivity index (χ1n) is 10.2. The van der Waals surface area contributed by atoms with Crippen molar-refractivity contribution in [3.8, 4) is 10.4 Å². The molecule has 0 spiro atoms. The Morgan fingerprint density at radius 2 is 2.03 bits per heavy atom. The molecule has 1 aromatic carbocycles. The lowest BCUT2D eigenvalue weighted by Crippen LogP contribution is -2.54. The fourth-order valence-corrected chi connectivity index (χ4v) is 5.10. The third kappa shape index (κ3) is 4.29. The third-order valence-electron chi connectivity index (χ3n) is 5.80. The van der Waals surface area contributed by atoms with Crippen molar-refractivity contribution in [1.82, 2.24) is 20.4 Å². The summed E-state index contributed by atoms with van der Waals surface area (Å²) in [7, 11) is 1.64. The second-order valence-corrected chi connectivity index (χ2v) is 8.76. The minimum Gasteiger partial charge on any atom is -0.359 e. The van der Waals surface area contributed by atoms with Crippen LogP contribution in [0.2, 0.25) is 0 Å². The fourth-order valence-electron chi connectivity index (χ4n) is 4.32. The Kier molecular flexibility index (Phi) is 5.99. The second-order valence-electron chi connectivity index (χ2n) is 7.81. The topological polar surface area (TPSA) is 95.2 Å². The van der Waals surface area contributed by atoms with E-state index in [0.717, 1.165) is 16.0 Å². The van der Waals surface area contributed by atoms with Crippen LogP contribution in [-0.4, -0.2) is 47.0 Å². The Hall–Kier alpha value is -3.26. The van der Waals surface area contributed by atoms with Gasteiger partial charge in [-0.25, -0.2) is 5.10 Å². The van der Waals surface area contributed by atoms with Gasteiger partial charge in [0.2, 0.25) is 5.91 Å². The average Bonchev–Trinajstić information content (AvgIpc) is 3.34. The number of aromatic amines is 1. The summed E-state index contributed by atoms with van der Waals surface area (Å²) in [5.74, 6) is -0.351. The molecule has 160 valence electrons. The van der Waals surface area contributed by atoms with E-state index in [-0.39, 0.29) is 23.1 Å². The molecule has 31 heavy (non-hydrogen) atoms. The van der Waals surface area contributed by atoms with Crippen molar-refractivity contribution in [1.29, 1.82) is 0 Å². The third-order valence-corrected chi connectivity index (χ3v) is 6.71. The summed E-state index contributed by atoms with van der Waals surface area (Å²) in [5.41, 5.74) is 1.28. The fraction of sp³-hybridized carbons (Fsp3) is 0.304. The van der Waals surface area contributed by atoms with Crippen LogP contribution in [0.1, 0.15) is 28.9 Å². The van der Waals surface area contributed by atoms with Gasteiger partial charge in [-0.05, 0) is 47.9 Å². The molecule has 1 aliphatic heterocycles. The minimum atomic E-state index is -0.738. The molecular weight excluding hydrogens is 412 g/mol. The van der Waals surface area contributed by atoms with Crippen LogP contribution in [0.3, 0.4) is 0 Å². The van der Waals surface area contributed by atoms with Crippen molar-refractivity contribution in [2.24, 2.45) is 5.41 Å². The van der Waals surface area contributed by atoms with Crippen LogP contribution in [0.25, 0.3) is 10.4 Å². The van der Waals surface area contributed by atoms with Crippen LogP contribution in [0, 0.1) is 5.41 Å². The molecule has 0 bridgehead atoms. The maximum Gasteiger partial charge on any atom is 0.274 e. The van der Waals surface area contributed by atoms with E-state index in [1.54, 1.807) is 23.3 Å². The van der Waals surface area contributed by atoms with E-state index >= 15 is 0 Å². The molecular formula is C23H24N4O3S. The van der Waals surface area contributed by atoms with Crippen molar-refractivity contribution >= 4 is 23.2 Å². The lowest BCUT2D eigenvalue weighted by Gasteiger charge is -2.41. The molecule has 0 saturated carbocycles. The molecule has 1 saturated heterocycles. The van der Waals surface area contributed by atoms with Gasteiger partial charge in [0.05, 0.1) is 5.41 Å². The first-order chi connectivity index (χ1) is 15.0. The zero-order chi connectivity index (χ0) is 21.8. The number of carbonyl (C=O) groups excluding carboxylic acids is 2. The van der Waals surface area contributed by atoms with Crippen LogP contribution in [-0.2, 0) is 11.2 Å². The Morgan fingerprint density at radius 3 is 2.74 bits per heavy atom. The average molecular weight is 437 g/mol. The molecule has 1 aliphatic rings. The van der Waals surface area contributed by atoms with E-state index in [4.69, 9.17) is 0 Å². The Bertz CT molecular complexity index is 1120. The van der Waals surface area contributed by atoms with E-state index in [0.29, 0.717) is 32.4 Å². The molecule has 0 aliphatic carbocycles. The van der Waals surface area contributed by atoms with E-state index in [1.165, 1.54) is 12.1 Å². The highest BCUT2D eigenvalue weighted by molar-refractivity contribution is 7.13. The predicted octanol–water partition coefficient (Wildman–Crippen LogP) is 2.71. The molecule has 4 rings (SSSR count). The number of carbonyl (C=O) groups is 2. The van der Waals surface area contributed by atoms with Crippen LogP contribution in [0.4, 0.5) is 0 Å². The van der Waals surface area contributed by atoms with Crippen LogP contribution in [0.15, 0.2) is 58.7 Å². The predicted molar refractivity (Wildman–Crippen MR) is 120 cm³/mol. The highest BCUT2D eigenvalue weighted by Gasteiger charge is 2.43. The number of hydrogen-bond donors (Lipinski definition) is 2. The lowest BCUT2D eigenvalue weighted by atomic mass is 9.73. The van der Waals surface area contributed by atoms with Gasteiger partial charge in [-0.3, -0.25) is 14.4 Å². The van der Waals surface area contributed by atoms with E-state index in [9.17, 15) is 14.4 Å². The molecule has 0 unspecified atom stereocenters. The molecule has 3 heterocycles. The van der Waals surface area contributed by atoms with Crippen molar-refractivity contribution in [3.05, 3.63) is 75.5 Å². The molecule has 3 aromatic rings. The number of nitrogens with one attached hydrogen (secondary N) is 2. The van der Waals surface area contributed by atoms with Gasteiger partial charge < -0.3 is 10.2 Å². The van der Waals surface area contributed by atoms with Gasteiger partial charge in [0.1, 0.15) is 5.69 Å². The molecule has 7 nitrogen and oxygen atoms in total. The number of rotatable bonds is 5. The number of benzene rings is 1. The van der Waals surface area contributed by atoms with Gasteiger partial charge in [-0.15, -0.1) is 11.3 Å². The van der Waals surface area contributed by atoms with Gasteiger partial charge in [0.25, 0.3) is 11.5 Å². The number of aromatic nitrogens is 2. The normalized spacial score (nSPS) is 18.5. The molecule has 8 heteroatoms. The van der Waals surface area contributed by atoms with Crippen molar-refractivity contribution in [2.75, 3.05) is 20.1 Å². The second kappa shape index (κ2) is 8.85. The largest absolute Gasteiger partial charge is 0.359 e. The van der Waals surface area contributed by atoms with Gasteiger partial charge in [-0.2, -0.15) is 5.10 Å².